The smallest absolute Gasteiger partial charge is 0.224 e. The first-order chi connectivity index (χ1) is 11.1. The predicted octanol–water partition coefficient (Wildman–Crippen LogP) is 2.73. The lowest BCUT2D eigenvalue weighted by molar-refractivity contribution is -0.117. The van der Waals surface area contributed by atoms with Crippen molar-refractivity contribution in [2.75, 3.05) is 10.6 Å². The number of nitrogens with one attached hydrogen (secondary N) is 2. The lowest BCUT2D eigenvalue weighted by Crippen LogP contribution is -2.13. The van der Waals surface area contributed by atoms with Crippen molar-refractivity contribution in [2.24, 2.45) is 7.05 Å². The largest absolute Gasteiger partial charge is 0.326 e. The van der Waals surface area contributed by atoms with E-state index < -0.39 is 0 Å². The minimum atomic E-state index is -0.0640. The van der Waals surface area contributed by atoms with E-state index in [-0.39, 0.29) is 11.8 Å². The highest BCUT2D eigenvalue weighted by Gasteiger charge is 2.06. The third-order valence-corrected chi connectivity index (χ3v) is 3.31. The number of carbonyl (C=O) groups is 2. The summed E-state index contributed by atoms with van der Waals surface area (Å²) >= 11 is 0. The van der Waals surface area contributed by atoms with Crippen LogP contribution < -0.4 is 10.6 Å². The van der Waals surface area contributed by atoms with Crippen LogP contribution in [0.1, 0.15) is 31.7 Å². The van der Waals surface area contributed by atoms with E-state index in [4.69, 9.17) is 0 Å². The van der Waals surface area contributed by atoms with E-state index in [1.165, 1.54) is 0 Å². The highest BCUT2D eigenvalue weighted by Crippen LogP contribution is 2.16. The molecule has 1 aromatic carbocycles. The van der Waals surface area contributed by atoms with Gasteiger partial charge in [0.25, 0.3) is 0 Å². The summed E-state index contributed by atoms with van der Waals surface area (Å²) in [5.74, 6) is -0.0848. The van der Waals surface area contributed by atoms with Crippen LogP contribution in [0, 0.1) is 0 Å². The Hall–Kier alpha value is -2.63. The number of rotatable bonds is 7. The molecule has 0 unspecified atom stereocenters. The van der Waals surface area contributed by atoms with Crippen LogP contribution in [0.3, 0.4) is 0 Å². The van der Waals surface area contributed by atoms with Crippen LogP contribution in [0.25, 0.3) is 0 Å². The maximum atomic E-state index is 12.0. The maximum absolute atomic E-state index is 12.0. The van der Waals surface area contributed by atoms with Gasteiger partial charge in [-0.1, -0.05) is 13.0 Å². The van der Waals surface area contributed by atoms with Gasteiger partial charge in [0.15, 0.2) is 0 Å². The summed E-state index contributed by atoms with van der Waals surface area (Å²) in [4.78, 5) is 23.6. The Labute approximate surface area is 135 Å². The average Bonchev–Trinajstić information content (AvgIpc) is 2.91. The van der Waals surface area contributed by atoms with Gasteiger partial charge in [0, 0.05) is 37.5 Å². The molecule has 0 aliphatic carbocycles. The number of nitrogens with zero attached hydrogens (tertiary/aromatic N) is 2. The molecule has 6 heteroatoms. The molecule has 0 aliphatic rings. The second-order valence-electron chi connectivity index (χ2n) is 5.45. The summed E-state index contributed by atoms with van der Waals surface area (Å²) in [5, 5.41) is 9.74. The minimum absolute atomic E-state index is 0.0208. The van der Waals surface area contributed by atoms with Crippen molar-refractivity contribution in [1.29, 1.82) is 0 Å². The van der Waals surface area contributed by atoms with Gasteiger partial charge in [-0.05, 0) is 36.6 Å². The molecule has 0 atom stereocenters. The average molecular weight is 314 g/mol. The van der Waals surface area contributed by atoms with Gasteiger partial charge in [-0.15, -0.1) is 0 Å². The van der Waals surface area contributed by atoms with Crippen molar-refractivity contribution in [3.05, 3.63) is 42.2 Å². The molecule has 2 rings (SSSR count). The molecule has 0 fully saturated rings. The summed E-state index contributed by atoms with van der Waals surface area (Å²) < 4.78 is 1.72. The van der Waals surface area contributed by atoms with Gasteiger partial charge in [0.1, 0.15) is 0 Å². The fourth-order valence-corrected chi connectivity index (χ4v) is 2.21. The summed E-state index contributed by atoms with van der Waals surface area (Å²) in [6.07, 6.45) is 5.98. The van der Waals surface area contributed by atoms with Crippen LogP contribution in [0.5, 0.6) is 0 Å². The quantitative estimate of drug-likeness (QED) is 0.825. The third-order valence-electron chi connectivity index (χ3n) is 3.31. The Balaban J connectivity index is 1.86. The van der Waals surface area contributed by atoms with Crippen molar-refractivity contribution < 1.29 is 9.59 Å². The van der Waals surface area contributed by atoms with Gasteiger partial charge in [-0.2, -0.15) is 5.10 Å². The monoisotopic (exact) mass is 314 g/mol. The van der Waals surface area contributed by atoms with E-state index in [1.54, 1.807) is 35.1 Å². The van der Waals surface area contributed by atoms with E-state index in [0.29, 0.717) is 30.6 Å². The topological polar surface area (TPSA) is 76.0 Å². The molecule has 2 N–H and O–H groups in total. The molecule has 0 aliphatic heterocycles. The number of amides is 2. The molecule has 0 spiro atoms. The molecule has 23 heavy (non-hydrogen) atoms. The maximum Gasteiger partial charge on any atom is 0.224 e. The van der Waals surface area contributed by atoms with Crippen molar-refractivity contribution in [1.82, 2.24) is 9.78 Å². The second-order valence-corrected chi connectivity index (χ2v) is 5.45. The van der Waals surface area contributed by atoms with E-state index in [0.717, 1.165) is 12.0 Å². The number of benzene rings is 1. The Morgan fingerprint density at radius 1 is 1.13 bits per heavy atom. The zero-order valence-corrected chi connectivity index (χ0v) is 13.5. The van der Waals surface area contributed by atoms with E-state index in [1.807, 2.05) is 20.2 Å². The van der Waals surface area contributed by atoms with Gasteiger partial charge in [-0.25, -0.2) is 0 Å². The Kier molecular flexibility index (Phi) is 5.91. The highest BCUT2D eigenvalue weighted by molar-refractivity contribution is 5.94. The second kappa shape index (κ2) is 8.12. The minimum Gasteiger partial charge on any atom is -0.326 e. The molecule has 1 heterocycles. The number of carbonyl (C=O) groups excluding carboxylic acids is 2. The van der Waals surface area contributed by atoms with E-state index in [2.05, 4.69) is 15.7 Å². The lowest BCUT2D eigenvalue weighted by atomic mass is 10.2. The molecular weight excluding hydrogens is 292 g/mol. The molecule has 0 saturated heterocycles. The molecular formula is C17H22N4O2. The third kappa shape index (κ3) is 5.58. The van der Waals surface area contributed by atoms with Gasteiger partial charge in [-0.3, -0.25) is 14.3 Å². The molecule has 0 saturated carbocycles. The van der Waals surface area contributed by atoms with Crippen LogP contribution in [0.15, 0.2) is 36.7 Å². The van der Waals surface area contributed by atoms with Crippen LogP contribution in [0.4, 0.5) is 11.4 Å². The number of anilines is 2. The number of hydrogen-bond donors (Lipinski definition) is 2. The number of aromatic nitrogens is 2. The summed E-state index contributed by atoms with van der Waals surface area (Å²) in [6, 6.07) is 7.17. The fraction of sp³-hybridized carbons (Fsp3) is 0.353. The van der Waals surface area contributed by atoms with Gasteiger partial charge in [0.2, 0.25) is 11.8 Å². The number of aryl methyl sites for hydroxylation is 2. The van der Waals surface area contributed by atoms with Gasteiger partial charge >= 0.3 is 0 Å². The zero-order valence-electron chi connectivity index (χ0n) is 13.5. The van der Waals surface area contributed by atoms with Crippen molar-refractivity contribution in [3.63, 3.8) is 0 Å². The Morgan fingerprint density at radius 2 is 1.78 bits per heavy atom. The summed E-state index contributed by atoms with van der Waals surface area (Å²) in [7, 11) is 1.85. The van der Waals surface area contributed by atoms with Crippen LogP contribution >= 0.6 is 0 Å². The first-order valence-corrected chi connectivity index (χ1v) is 7.74. The van der Waals surface area contributed by atoms with E-state index in [9.17, 15) is 9.59 Å². The Bertz CT molecular complexity index is 679. The molecule has 6 nitrogen and oxygen atoms in total. The fourth-order valence-electron chi connectivity index (χ4n) is 2.21. The molecule has 2 aromatic rings. The molecule has 0 bridgehead atoms. The molecule has 0 radical (unpaired) electrons. The molecule has 1 aromatic heterocycles. The van der Waals surface area contributed by atoms with Crippen LogP contribution in [0.2, 0.25) is 0 Å². The van der Waals surface area contributed by atoms with Gasteiger partial charge in [0.05, 0.1) is 6.20 Å². The Morgan fingerprint density at radius 3 is 2.35 bits per heavy atom. The van der Waals surface area contributed by atoms with Crippen molar-refractivity contribution in [3.8, 4) is 0 Å². The van der Waals surface area contributed by atoms with Crippen LogP contribution in [-0.2, 0) is 23.1 Å². The summed E-state index contributed by atoms with van der Waals surface area (Å²) in [5.41, 5.74) is 2.40. The lowest BCUT2D eigenvalue weighted by Gasteiger charge is -2.08. The molecule has 122 valence electrons. The normalized spacial score (nSPS) is 10.3. The summed E-state index contributed by atoms with van der Waals surface area (Å²) in [6.45, 7) is 1.96. The first-order valence-electron chi connectivity index (χ1n) is 7.74. The standard InChI is InChI=1S/C17H22N4O2/c1-3-5-16(22)19-14-6-4-7-15(10-14)20-17(23)9-8-13-11-18-21(2)12-13/h4,6-7,10-12H,3,5,8-9H2,1-2H3,(H,19,22)(H,20,23). The van der Waals surface area contributed by atoms with E-state index >= 15 is 0 Å². The van der Waals surface area contributed by atoms with Crippen molar-refractivity contribution >= 4 is 23.2 Å². The highest BCUT2D eigenvalue weighted by atomic mass is 16.2. The SMILES string of the molecule is CCCC(=O)Nc1cccc(NC(=O)CCc2cnn(C)c2)c1. The van der Waals surface area contributed by atoms with Crippen LogP contribution in [-0.4, -0.2) is 21.6 Å². The molecule has 2 amide bonds. The predicted molar refractivity (Wildman–Crippen MR) is 90.1 cm³/mol. The van der Waals surface area contributed by atoms with Crippen molar-refractivity contribution in [2.45, 2.75) is 32.6 Å². The first kappa shape index (κ1) is 16.7. The number of hydrogen-bond acceptors (Lipinski definition) is 3. The van der Waals surface area contributed by atoms with Gasteiger partial charge < -0.3 is 10.6 Å². The zero-order chi connectivity index (χ0) is 16.7.